The number of rotatable bonds is 4. The third-order valence-electron chi connectivity index (χ3n) is 2.89. The lowest BCUT2D eigenvalue weighted by atomic mass is 10.2. The number of aromatic nitrogens is 1. The van der Waals surface area contributed by atoms with Gasteiger partial charge in [0.15, 0.2) is 0 Å². The number of halogens is 1. The van der Waals surface area contributed by atoms with E-state index in [1.807, 2.05) is 30.0 Å². The van der Waals surface area contributed by atoms with Gasteiger partial charge in [-0.05, 0) is 30.7 Å². The smallest absolute Gasteiger partial charge is 0.274 e. The van der Waals surface area contributed by atoms with Crippen molar-refractivity contribution in [2.45, 2.75) is 19.5 Å². The largest absolute Gasteiger partial charge is 0.349 e. The van der Waals surface area contributed by atoms with Crippen molar-refractivity contribution in [3.63, 3.8) is 0 Å². The highest BCUT2D eigenvalue weighted by Crippen LogP contribution is 2.24. The fourth-order valence-corrected chi connectivity index (χ4v) is 2.08. The van der Waals surface area contributed by atoms with E-state index in [-0.39, 0.29) is 11.7 Å². The van der Waals surface area contributed by atoms with Gasteiger partial charge in [0, 0.05) is 29.5 Å². The fourth-order valence-electron chi connectivity index (χ4n) is 1.88. The molecule has 0 saturated carbocycles. The second kappa shape index (κ2) is 5.42. The summed E-state index contributed by atoms with van der Waals surface area (Å²) in [5, 5.41) is 11.5. The first-order valence-electron chi connectivity index (χ1n) is 5.81. The standard InChI is InChI=1S/C13H14ClN3O2/c1-9(15)10-4-5-16(7-10)8-11-6-12(14)2-3-13(11)17(18)19/h2-7,9H,8,15H2,1H3. The van der Waals surface area contributed by atoms with E-state index in [9.17, 15) is 10.1 Å². The molecule has 0 aliphatic rings. The van der Waals surface area contributed by atoms with Crippen LogP contribution in [0.1, 0.15) is 24.1 Å². The van der Waals surface area contributed by atoms with Crippen LogP contribution in [0.15, 0.2) is 36.7 Å². The van der Waals surface area contributed by atoms with Crippen LogP contribution < -0.4 is 5.73 Å². The Labute approximate surface area is 115 Å². The van der Waals surface area contributed by atoms with E-state index < -0.39 is 4.92 Å². The number of nitro groups is 1. The first-order chi connectivity index (χ1) is 8.97. The zero-order chi connectivity index (χ0) is 14.0. The van der Waals surface area contributed by atoms with Gasteiger partial charge in [0.05, 0.1) is 17.0 Å². The summed E-state index contributed by atoms with van der Waals surface area (Å²) in [6.45, 7) is 2.28. The van der Waals surface area contributed by atoms with Crippen LogP contribution in [0.2, 0.25) is 5.02 Å². The van der Waals surface area contributed by atoms with Gasteiger partial charge >= 0.3 is 0 Å². The highest BCUT2D eigenvalue weighted by atomic mass is 35.5. The van der Waals surface area contributed by atoms with Crippen molar-refractivity contribution in [3.05, 3.63) is 62.9 Å². The Morgan fingerprint density at radius 2 is 2.21 bits per heavy atom. The Morgan fingerprint density at radius 3 is 2.79 bits per heavy atom. The van der Waals surface area contributed by atoms with Gasteiger partial charge in [0.2, 0.25) is 0 Å². The van der Waals surface area contributed by atoms with Crippen molar-refractivity contribution in [2.75, 3.05) is 0 Å². The van der Waals surface area contributed by atoms with Crippen LogP contribution in [0, 0.1) is 10.1 Å². The van der Waals surface area contributed by atoms with Crippen LogP contribution in [-0.4, -0.2) is 9.49 Å². The molecule has 0 spiro atoms. The normalized spacial score (nSPS) is 12.4. The van der Waals surface area contributed by atoms with Crippen LogP contribution in [-0.2, 0) is 6.54 Å². The van der Waals surface area contributed by atoms with E-state index in [1.165, 1.54) is 12.1 Å². The van der Waals surface area contributed by atoms with Crippen molar-refractivity contribution < 1.29 is 4.92 Å². The average Bonchev–Trinajstić information content (AvgIpc) is 2.77. The molecule has 0 bridgehead atoms. The first-order valence-corrected chi connectivity index (χ1v) is 6.19. The van der Waals surface area contributed by atoms with Crippen molar-refractivity contribution >= 4 is 17.3 Å². The lowest BCUT2D eigenvalue weighted by Crippen LogP contribution is -2.04. The Morgan fingerprint density at radius 1 is 1.47 bits per heavy atom. The third-order valence-corrected chi connectivity index (χ3v) is 3.13. The van der Waals surface area contributed by atoms with Crippen molar-refractivity contribution in [1.29, 1.82) is 0 Å². The zero-order valence-corrected chi connectivity index (χ0v) is 11.2. The van der Waals surface area contributed by atoms with E-state index in [0.29, 0.717) is 17.1 Å². The minimum Gasteiger partial charge on any atom is -0.349 e. The van der Waals surface area contributed by atoms with Gasteiger partial charge < -0.3 is 10.3 Å². The number of nitrogens with two attached hydrogens (primary N) is 1. The van der Waals surface area contributed by atoms with Gasteiger partial charge in [-0.15, -0.1) is 0 Å². The van der Waals surface area contributed by atoms with Crippen LogP contribution >= 0.6 is 11.6 Å². The number of hydrogen-bond acceptors (Lipinski definition) is 3. The molecule has 0 aliphatic carbocycles. The molecule has 0 radical (unpaired) electrons. The molecule has 1 aromatic carbocycles. The molecule has 1 heterocycles. The Balaban J connectivity index is 2.31. The Kier molecular flexibility index (Phi) is 3.87. The third kappa shape index (κ3) is 3.13. The van der Waals surface area contributed by atoms with E-state index >= 15 is 0 Å². The predicted molar refractivity (Wildman–Crippen MR) is 74.2 cm³/mol. The second-order valence-electron chi connectivity index (χ2n) is 4.44. The van der Waals surface area contributed by atoms with Crippen molar-refractivity contribution in [1.82, 2.24) is 4.57 Å². The molecular formula is C13H14ClN3O2. The number of nitrogens with zero attached hydrogens (tertiary/aromatic N) is 2. The van der Waals surface area contributed by atoms with Crippen LogP contribution in [0.5, 0.6) is 0 Å². The average molecular weight is 280 g/mol. The lowest BCUT2D eigenvalue weighted by Gasteiger charge is -2.05. The highest BCUT2D eigenvalue weighted by Gasteiger charge is 2.14. The predicted octanol–water partition coefficient (Wildman–Crippen LogP) is 3.12. The molecule has 1 unspecified atom stereocenters. The minimum atomic E-state index is -0.401. The molecule has 2 aromatic rings. The molecule has 0 fully saturated rings. The summed E-state index contributed by atoms with van der Waals surface area (Å²) in [6, 6.07) is 6.40. The van der Waals surface area contributed by atoms with Crippen LogP contribution in [0.4, 0.5) is 5.69 Å². The molecule has 2 N–H and O–H groups in total. The zero-order valence-electron chi connectivity index (χ0n) is 10.4. The maximum absolute atomic E-state index is 11.0. The molecule has 100 valence electrons. The second-order valence-corrected chi connectivity index (χ2v) is 4.87. The summed E-state index contributed by atoms with van der Waals surface area (Å²) >= 11 is 5.89. The maximum Gasteiger partial charge on any atom is 0.274 e. The topological polar surface area (TPSA) is 74.1 Å². The summed E-state index contributed by atoms with van der Waals surface area (Å²) in [7, 11) is 0. The summed E-state index contributed by atoms with van der Waals surface area (Å²) in [4.78, 5) is 10.6. The monoisotopic (exact) mass is 279 g/mol. The summed E-state index contributed by atoms with van der Waals surface area (Å²) in [5.74, 6) is 0. The van der Waals surface area contributed by atoms with E-state index in [1.54, 1.807) is 6.07 Å². The highest BCUT2D eigenvalue weighted by molar-refractivity contribution is 6.30. The maximum atomic E-state index is 11.0. The van der Waals surface area contributed by atoms with Gasteiger partial charge in [0.1, 0.15) is 0 Å². The number of benzene rings is 1. The van der Waals surface area contributed by atoms with Gasteiger partial charge in [0.25, 0.3) is 5.69 Å². The van der Waals surface area contributed by atoms with E-state index in [0.717, 1.165) is 5.56 Å². The molecule has 19 heavy (non-hydrogen) atoms. The minimum absolute atomic E-state index is 0.0596. The summed E-state index contributed by atoms with van der Waals surface area (Å²) in [5.41, 5.74) is 7.41. The van der Waals surface area contributed by atoms with Crippen molar-refractivity contribution in [2.24, 2.45) is 5.73 Å². The number of hydrogen-bond donors (Lipinski definition) is 1. The molecule has 0 saturated heterocycles. The van der Waals surface area contributed by atoms with E-state index in [2.05, 4.69) is 0 Å². The molecule has 2 rings (SSSR count). The Bertz CT molecular complexity index is 608. The SMILES string of the molecule is CC(N)c1ccn(Cc2cc(Cl)ccc2[N+](=O)[O-])c1. The van der Waals surface area contributed by atoms with Crippen LogP contribution in [0.25, 0.3) is 0 Å². The van der Waals surface area contributed by atoms with Gasteiger partial charge in [-0.25, -0.2) is 0 Å². The van der Waals surface area contributed by atoms with Crippen molar-refractivity contribution in [3.8, 4) is 0 Å². The molecule has 1 atom stereocenters. The molecule has 6 heteroatoms. The van der Waals surface area contributed by atoms with Gasteiger partial charge in [-0.2, -0.15) is 0 Å². The summed E-state index contributed by atoms with van der Waals surface area (Å²) in [6.07, 6.45) is 3.73. The van der Waals surface area contributed by atoms with Gasteiger partial charge in [-0.1, -0.05) is 11.6 Å². The molecule has 0 amide bonds. The van der Waals surface area contributed by atoms with Crippen LogP contribution in [0.3, 0.4) is 0 Å². The Hall–Kier alpha value is -1.85. The fraction of sp³-hybridized carbons (Fsp3) is 0.231. The molecular weight excluding hydrogens is 266 g/mol. The molecule has 0 aliphatic heterocycles. The quantitative estimate of drug-likeness (QED) is 0.690. The number of nitro benzene ring substituents is 1. The van der Waals surface area contributed by atoms with E-state index in [4.69, 9.17) is 17.3 Å². The summed E-state index contributed by atoms with van der Waals surface area (Å²) < 4.78 is 1.86. The molecule has 5 nitrogen and oxygen atoms in total. The van der Waals surface area contributed by atoms with Gasteiger partial charge in [-0.3, -0.25) is 10.1 Å². The first kappa shape index (κ1) is 13.6. The lowest BCUT2D eigenvalue weighted by molar-refractivity contribution is -0.385. The molecule has 1 aromatic heterocycles.